The summed E-state index contributed by atoms with van der Waals surface area (Å²) in [7, 11) is 0. The lowest BCUT2D eigenvalue weighted by Gasteiger charge is -2.42. The molecule has 100 valence electrons. The van der Waals surface area contributed by atoms with Crippen molar-refractivity contribution in [2.24, 2.45) is 0 Å². The van der Waals surface area contributed by atoms with Crippen molar-refractivity contribution in [2.45, 2.75) is 38.8 Å². The highest BCUT2D eigenvalue weighted by molar-refractivity contribution is 5.17. The largest absolute Gasteiger partial charge is 0.314 e. The van der Waals surface area contributed by atoms with E-state index in [0.717, 1.165) is 26.1 Å². The molecule has 0 radical (unpaired) electrons. The third-order valence-electron chi connectivity index (χ3n) is 3.72. The summed E-state index contributed by atoms with van der Waals surface area (Å²) in [4.78, 5) is 2.58. The predicted molar refractivity (Wildman–Crippen MR) is 73.2 cm³/mol. The molecule has 0 bridgehead atoms. The lowest BCUT2D eigenvalue weighted by molar-refractivity contribution is 0.103. The monoisotopic (exact) mass is 250 g/mol. The number of benzene rings is 1. The lowest BCUT2D eigenvalue weighted by atomic mass is 10.0. The molecule has 0 saturated carbocycles. The van der Waals surface area contributed by atoms with Crippen molar-refractivity contribution in [3.8, 4) is 0 Å². The number of halogens is 1. The zero-order chi connectivity index (χ0) is 13.0. The molecule has 1 N–H and O–H groups in total. The molecule has 0 spiro atoms. The number of hydrogen-bond acceptors (Lipinski definition) is 2. The molecule has 1 atom stereocenters. The smallest absolute Gasteiger partial charge is 0.123 e. The summed E-state index contributed by atoms with van der Waals surface area (Å²) in [6.07, 6.45) is 2.18. The van der Waals surface area contributed by atoms with Gasteiger partial charge in [-0.2, -0.15) is 0 Å². The molecule has 1 aromatic carbocycles. The minimum atomic E-state index is -0.153. The van der Waals surface area contributed by atoms with Crippen LogP contribution in [0.15, 0.2) is 24.3 Å². The molecule has 0 aromatic heterocycles. The van der Waals surface area contributed by atoms with Crippen molar-refractivity contribution >= 4 is 0 Å². The van der Waals surface area contributed by atoms with E-state index >= 15 is 0 Å². The van der Waals surface area contributed by atoms with Crippen LogP contribution >= 0.6 is 0 Å². The van der Waals surface area contributed by atoms with Crippen LogP contribution in [0, 0.1) is 5.82 Å². The lowest BCUT2D eigenvalue weighted by Crippen LogP contribution is -2.59. The number of nitrogens with one attached hydrogen (secondary N) is 1. The molecule has 0 amide bonds. The summed E-state index contributed by atoms with van der Waals surface area (Å²) in [6.45, 7) is 7.86. The molecule has 0 aliphatic carbocycles. The molecule has 1 fully saturated rings. The van der Waals surface area contributed by atoms with Crippen LogP contribution in [0.25, 0.3) is 0 Å². The Bertz CT molecular complexity index is 359. The maximum Gasteiger partial charge on any atom is 0.123 e. The first-order valence-electron chi connectivity index (χ1n) is 6.91. The van der Waals surface area contributed by atoms with Gasteiger partial charge in [0.25, 0.3) is 0 Å². The van der Waals surface area contributed by atoms with Crippen molar-refractivity contribution in [1.82, 2.24) is 10.2 Å². The van der Waals surface area contributed by atoms with E-state index in [1.54, 1.807) is 12.1 Å². The second-order valence-electron chi connectivity index (χ2n) is 5.23. The molecule has 1 aliphatic rings. The predicted octanol–water partition coefficient (Wildman–Crippen LogP) is 2.44. The normalized spacial score (nSPS) is 17.8. The van der Waals surface area contributed by atoms with Crippen molar-refractivity contribution in [1.29, 1.82) is 0 Å². The van der Waals surface area contributed by atoms with Crippen molar-refractivity contribution < 1.29 is 4.39 Å². The van der Waals surface area contributed by atoms with E-state index in [4.69, 9.17) is 0 Å². The quantitative estimate of drug-likeness (QED) is 0.834. The molecule has 1 saturated heterocycles. The second kappa shape index (κ2) is 6.30. The molecule has 1 unspecified atom stereocenters. The second-order valence-corrected chi connectivity index (χ2v) is 5.23. The summed E-state index contributed by atoms with van der Waals surface area (Å²) < 4.78 is 12.9. The van der Waals surface area contributed by atoms with Gasteiger partial charge in [-0.1, -0.05) is 19.1 Å². The van der Waals surface area contributed by atoms with E-state index < -0.39 is 0 Å². The summed E-state index contributed by atoms with van der Waals surface area (Å²) in [5, 5.41) is 3.34. The third kappa shape index (κ3) is 3.30. The van der Waals surface area contributed by atoms with E-state index in [0.29, 0.717) is 12.1 Å². The molecular formula is C15H23FN2. The van der Waals surface area contributed by atoms with Gasteiger partial charge in [0.2, 0.25) is 0 Å². The van der Waals surface area contributed by atoms with Gasteiger partial charge in [0.05, 0.1) is 0 Å². The zero-order valence-corrected chi connectivity index (χ0v) is 11.3. The maximum atomic E-state index is 12.9. The highest BCUT2D eigenvalue weighted by Gasteiger charge is 2.27. The van der Waals surface area contributed by atoms with Gasteiger partial charge in [0.1, 0.15) is 5.82 Å². The average molecular weight is 250 g/mol. The van der Waals surface area contributed by atoms with Gasteiger partial charge < -0.3 is 5.32 Å². The fourth-order valence-electron chi connectivity index (χ4n) is 2.61. The third-order valence-corrected chi connectivity index (χ3v) is 3.72. The van der Waals surface area contributed by atoms with E-state index in [-0.39, 0.29) is 5.82 Å². The molecular weight excluding hydrogens is 227 g/mol. The van der Waals surface area contributed by atoms with Crippen molar-refractivity contribution in [3.05, 3.63) is 35.6 Å². The van der Waals surface area contributed by atoms with Gasteiger partial charge in [0.15, 0.2) is 0 Å². The fraction of sp³-hybridized carbons (Fsp3) is 0.600. The van der Waals surface area contributed by atoms with Crippen molar-refractivity contribution in [2.75, 3.05) is 19.6 Å². The Hall–Kier alpha value is -0.930. The summed E-state index contributed by atoms with van der Waals surface area (Å²) in [5.41, 5.74) is 1.22. The van der Waals surface area contributed by atoms with Crippen LogP contribution < -0.4 is 5.32 Å². The Labute approximate surface area is 109 Å². The van der Waals surface area contributed by atoms with E-state index in [1.807, 2.05) is 12.1 Å². The highest BCUT2D eigenvalue weighted by atomic mass is 19.1. The first kappa shape index (κ1) is 13.5. The minimum absolute atomic E-state index is 0.153. The van der Waals surface area contributed by atoms with Crippen molar-refractivity contribution in [3.63, 3.8) is 0 Å². The van der Waals surface area contributed by atoms with Crippen LogP contribution in [-0.4, -0.2) is 36.6 Å². The van der Waals surface area contributed by atoms with Gasteiger partial charge >= 0.3 is 0 Å². The Balaban J connectivity index is 1.95. The highest BCUT2D eigenvalue weighted by Crippen LogP contribution is 2.15. The molecule has 3 heteroatoms. The maximum absolute atomic E-state index is 12.9. The fourth-order valence-corrected chi connectivity index (χ4v) is 2.61. The van der Waals surface area contributed by atoms with Crippen LogP contribution in [0.1, 0.15) is 25.8 Å². The first-order chi connectivity index (χ1) is 8.70. The van der Waals surface area contributed by atoms with Crippen LogP contribution in [0.4, 0.5) is 4.39 Å². The summed E-state index contributed by atoms with van der Waals surface area (Å²) in [6, 6.07) is 8.10. The minimum Gasteiger partial charge on any atom is -0.314 e. The Morgan fingerprint density at radius 1 is 1.33 bits per heavy atom. The van der Waals surface area contributed by atoms with E-state index in [9.17, 15) is 4.39 Å². The first-order valence-corrected chi connectivity index (χ1v) is 6.91. The van der Waals surface area contributed by atoms with Crippen LogP contribution in [0.3, 0.4) is 0 Å². The topological polar surface area (TPSA) is 15.3 Å². The molecule has 1 aromatic rings. The van der Waals surface area contributed by atoms with E-state index in [1.165, 1.54) is 12.0 Å². The molecule has 18 heavy (non-hydrogen) atoms. The SMILES string of the molecule is CCCN(C(C)Cc1ccc(F)cc1)C1CNC1. The summed E-state index contributed by atoms with van der Waals surface area (Å²) in [5.74, 6) is -0.153. The zero-order valence-electron chi connectivity index (χ0n) is 11.3. The van der Waals surface area contributed by atoms with Gasteiger partial charge in [-0.3, -0.25) is 4.90 Å². The number of hydrogen-bond donors (Lipinski definition) is 1. The molecule has 1 heterocycles. The van der Waals surface area contributed by atoms with Gasteiger partial charge in [-0.25, -0.2) is 4.39 Å². The van der Waals surface area contributed by atoms with Crippen LogP contribution in [-0.2, 0) is 6.42 Å². The van der Waals surface area contributed by atoms with E-state index in [2.05, 4.69) is 24.1 Å². The molecule has 2 rings (SSSR count). The Morgan fingerprint density at radius 2 is 2.00 bits per heavy atom. The average Bonchev–Trinajstić information content (AvgIpc) is 2.29. The van der Waals surface area contributed by atoms with Gasteiger partial charge in [0, 0.05) is 25.2 Å². The van der Waals surface area contributed by atoms with Crippen LogP contribution in [0.5, 0.6) is 0 Å². The summed E-state index contributed by atoms with van der Waals surface area (Å²) >= 11 is 0. The van der Waals surface area contributed by atoms with Gasteiger partial charge in [-0.05, 0) is 44.0 Å². The molecule has 2 nitrogen and oxygen atoms in total. The number of nitrogens with zero attached hydrogens (tertiary/aromatic N) is 1. The Morgan fingerprint density at radius 3 is 2.50 bits per heavy atom. The van der Waals surface area contributed by atoms with Gasteiger partial charge in [-0.15, -0.1) is 0 Å². The standard InChI is InChI=1S/C15H23FN2/c1-3-8-18(15-10-17-11-15)12(2)9-13-4-6-14(16)7-5-13/h4-7,12,15,17H,3,8-11H2,1-2H3. The van der Waals surface area contributed by atoms with Crippen LogP contribution in [0.2, 0.25) is 0 Å². The molecule has 1 aliphatic heterocycles. The Kier molecular flexibility index (Phi) is 4.72. The number of rotatable bonds is 6.